The number of nitrogen functional groups attached to an aromatic ring is 1. The van der Waals surface area contributed by atoms with Gasteiger partial charge in [-0.15, -0.1) is 0 Å². The first-order chi connectivity index (χ1) is 14.9. The quantitative estimate of drug-likeness (QED) is 0.516. The van der Waals surface area contributed by atoms with E-state index in [1.165, 1.54) is 23.5 Å². The molecule has 1 saturated heterocycles. The van der Waals surface area contributed by atoms with Gasteiger partial charge in [-0.3, -0.25) is 4.79 Å². The van der Waals surface area contributed by atoms with Gasteiger partial charge in [0.2, 0.25) is 5.91 Å². The zero-order chi connectivity index (χ0) is 21.7. The van der Waals surface area contributed by atoms with E-state index in [1.807, 2.05) is 0 Å². The third-order valence-corrected chi connectivity index (χ3v) is 5.89. The van der Waals surface area contributed by atoms with E-state index in [-0.39, 0.29) is 17.6 Å². The molecule has 0 bridgehead atoms. The topological polar surface area (TPSA) is 87.9 Å². The maximum atomic E-state index is 15.1. The highest BCUT2D eigenvalue weighted by atomic mass is 19.1. The van der Waals surface area contributed by atoms with Gasteiger partial charge in [-0.05, 0) is 37.6 Å². The van der Waals surface area contributed by atoms with Crippen molar-refractivity contribution in [1.29, 1.82) is 0 Å². The standard InChI is InChI=1S/C24H22FN5O/c1-13-5-14(2)7-15(6-13)16-8-21(31)30(11-16)17-3-4-18(20(25)9-17)19-10-27-24-22(19)23(26)28-12-29-24/h3-7,9-10,12,16H,8,11H2,1-2H3,(H3,26,27,28,29). The number of fused-ring (bicyclic) bond motifs is 1. The Hall–Kier alpha value is -3.74. The van der Waals surface area contributed by atoms with Crippen LogP contribution in [0.3, 0.4) is 0 Å². The largest absolute Gasteiger partial charge is 0.383 e. The van der Waals surface area contributed by atoms with Crippen molar-refractivity contribution in [2.45, 2.75) is 26.2 Å². The fourth-order valence-electron chi connectivity index (χ4n) is 4.52. The highest BCUT2D eigenvalue weighted by Crippen LogP contribution is 2.36. The normalized spacial score (nSPS) is 16.4. The predicted molar refractivity (Wildman–Crippen MR) is 119 cm³/mol. The number of halogens is 1. The van der Waals surface area contributed by atoms with Crippen molar-refractivity contribution < 1.29 is 9.18 Å². The summed E-state index contributed by atoms with van der Waals surface area (Å²) in [4.78, 5) is 25.6. The molecule has 156 valence electrons. The molecule has 0 aliphatic carbocycles. The Morgan fingerprint density at radius 2 is 1.87 bits per heavy atom. The lowest BCUT2D eigenvalue weighted by atomic mass is 9.95. The Morgan fingerprint density at radius 3 is 2.61 bits per heavy atom. The van der Waals surface area contributed by atoms with Gasteiger partial charge < -0.3 is 15.6 Å². The number of rotatable bonds is 3. The van der Waals surface area contributed by atoms with Crippen LogP contribution >= 0.6 is 0 Å². The van der Waals surface area contributed by atoms with Crippen LogP contribution in [0.25, 0.3) is 22.2 Å². The zero-order valence-electron chi connectivity index (χ0n) is 17.3. The molecule has 1 unspecified atom stereocenters. The molecule has 4 aromatic rings. The van der Waals surface area contributed by atoms with Crippen molar-refractivity contribution in [2.75, 3.05) is 17.2 Å². The minimum atomic E-state index is -0.427. The number of carbonyl (C=O) groups is 1. The molecule has 7 heteroatoms. The zero-order valence-corrected chi connectivity index (χ0v) is 17.3. The smallest absolute Gasteiger partial charge is 0.227 e. The number of hydrogen-bond donors (Lipinski definition) is 2. The molecule has 2 aromatic carbocycles. The van der Waals surface area contributed by atoms with Crippen molar-refractivity contribution >= 4 is 28.4 Å². The summed E-state index contributed by atoms with van der Waals surface area (Å²) in [6.45, 7) is 4.65. The summed E-state index contributed by atoms with van der Waals surface area (Å²) < 4.78 is 15.1. The number of aromatic amines is 1. The number of carbonyl (C=O) groups excluding carboxylic acids is 1. The predicted octanol–water partition coefficient (Wildman–Crippen LogP) is 4.48. The third-order valence-electron chi connectivity index (χ3n) is 5.89. The van der Waals surface area contributed by atoms with Gasteiger partial charge in [0.25, 0.3) is 0 Å². The summed E-state index contributed by atoms with van der Waals surface area (Å²) in [6, 6.07) is 11.2. The number of anilines is 2. The lowest BCUT2D eigenvalue weighted by molar-refractivity contribution is -0.117. The molecule has 1 amide bonds. The Kier molecular flexibility index (Phi) is 4.46. The first-order valence-corrected chi connectivity index (χ1v) is 10.2. The Labute approximate surface area is 178 Å². The van der Waals surface area contributed by atoms with Gasteiger partial charge in [0.1, 0.15) is 23.6 Å². The minimum Gasteiger partial charge on any atom is -0.383 e. The number of aromatic nitrogens is 3. The summed E-state index contributed by atoms with van der Waals surface area (Å²) in [5, 5.41) is 0.585. The van der Waals surface area contributed by atoms with Crippen molar-refractivity contribution in [2.24, 2.45) is 0 Å². The van der Waals surface area contributed by atoms with Crippen molar-refractivity contribution in [3.8, 4) is 11.1 Å². The number of nitrogens with zero attached hydrogens (tertiary/aromatic N) is 3. The van der Waals surface area contributed by atoms with Crippen LogP contribution in [-0.2, 0) is 4.79 Å². The highest BCUT2D eigenvalue weighted by Gasteiger charge is 2.32. The Balaban J connectivity index is 1.47. The van der Waals surface area contributed by atoms with Crippen LogP contribution in [0.5, 0.6) is 0 Å². The molecule has 1 aliphatic rings. The third kappa shape index (κ3) is 3.32. The molecule has 31 heavy (non-hydrogen) atoms. The van der Waals surface area contributed by atoms with Crippen LogP contribution in [-0.4, -0.2) is 27.4 Å². The molecule has 1 fully saturated rings. The second kappa shape index (κ2) is 7.19. The first-order valence-electron chi connectivity index (χ1n) is 10.2. The molecule has 2 aromatic heterocycles. The van der Waals surface area contributed by atoms with E-state index in [0.717, 1.165) is 5.56 Å². The van der Waals surface area contributed by atoms with Crippen LogP contribution in [0, 0.1) is 19.7 Å². The average molecular weight is 415 g/mol. The van der Waals surface area contributed by atoms with Gasteiger partial charge >= 0.3 is 0 Å². The molecule has 3 heterocycles. The van der Waals surface area contributed by atoms with Crippen LogP contribution in [0.2, 0.25) is 0 Å². The number of benzene rings is 2. The maximum Gasteiger partial charge on any atom is 0.227 e. The number of amides is 1. The van der Waals surface area contributed by atoms with Crippen molar-refractivity contribution in [3.63, 3.8) is 0 Å². The monoisotopic (exact) mass is 415 g/mol. The van der Waals surface area contributed by atoms with Gasteiger partial charge in [0, 0.05) is 41.9 Å². The van der Waals surface area contributed by atoms with Gasteiger partial charge in [0.05, 0.1) is 5.39 Å². The summed E-state index contributed by atoms with van der Waals surface area (Å²) in [6.07, 6.45) is 3.45. The fraction of sp³-hybridized carbons (Fsp3) is 0.208. The van der Waals surface area contributed by atoms with E-state index in [9.17, 15) is 4.79 Å². The molecule has 5 rings (SSSR count). The fourth-order valence-corrected chi connectivity index (χ4v) is 4.52. The van der Waals surface area contributed by atoms with Crippen molar-refractivity contribution in [3.05, 3.63) is 71.4 Å². The Morgan fingerprint density at radius 1 is 1.10 bits per heavy atom. The average Bonchev–Trinajstić information content (AvgIpc) is 3.32. The number of H-pyrrole nitrogens is 1. The second-order valence-electron chi connectivity index (χ2n) is 8.18. The lowest BCUT2D eigenvalue weighted by Crippen LogP contribution is -2.24. The summed E-state index contributed by atoms with van der Waals surface area (Å²) >= 11 is 0. The first kappa shape index (κ1) is 19.2. The van der Waals surface area contributed by atoms with Gasteiger partial charge in [-0.2, -0.15) is 0 Å². The molecule has 1 atom stereocenters. The molecule has 0 spiro atoms. The molecular formula is C24H22FN5O. The summed E-state index contributed by atoms with van der Waals surface area (Å²) in [5.74, 6) is -0.0412. The van der Waals surface area contributed by atoms with E-state index < -0.39 is 5.82 Å². The summed E-state index contributed by atoms with van der Waals surface area (Å²) in [7, 11) is 0. The van der Waals surface area contributed by atoms with E-state index in [0.29, 0.717) is 40.8 Å². The molecule has 0 saturated carbocycles. The van der Waals surface area contributed by atoms with Gasteiger partial charge in [0.15, 0.2) is 0 Å². The van der Waals surface area contributed by atoms with E-state index in [1.54, 1.807) is 23.2 Å². The number of nitrogens with two attached hydrogens (primary N) is 1. The Bertz CT molecular complexity index is 1310. The van der Waals surface area contributed by atoms with Crippen LogP contribution in [0.1, 0.15) is 29.0 Å². The van der Waals surface area contributed by atoms with E-state index in [4.69, 9.17) is 5.73 Å². The summed E-state index contributed by atoms with van der Waals surface area (Å²) in [5.41, 5.74) is 11.6. The second-order valence-corrected chi connectivity index (χ2v) is 8.18. The van der Waals surface area contributed by atoms with Gasteiger partial charge in [-0.25, -0.2) is 14.4 Å². The number of aryl methyl sites for hydroxylation is 2. The maximum absolute atomic E-state index is 15.1. The molecule has 6 nitrogen and oxygen atoms in total. The minimum absolute atomic E-state index is 0.000970. The van der Waals surface area contributed by atoms with Gasteiger partial charge in [-0.1, -0.05) is 29.3 Å². The van der Waals surface area contributed by atoms with Crippen LogP contribution in [0.4, 0.5) is 15.9 Å². The number of nitrogens with one attached hydrogen (secondary N) is 1. The molecule has 1 aliphatic heterocycles. The number of hydrogen-bond acceptors (Lipinski definition) is 4. The van der Waals surface area contributed by atoms with E-state index in [2.05, 4.69) is 47.0 Å². The lowest BCUT2D eigenvalue weighted by Gasteiger charge is -2.18. The molecular weight excluding hydrogens is 393 g/mol. The van der Waals surface area contributed by atoms with Crippen LogP contribution in [0.15, 0.2) is 48.9 Å². The highest BCUT2D eigenvalue weighted by molar-refractivity contribution is 6.01. The van der Waals surface area contributed by atoms with E-state index >= 15 is 4.39 Å². The van der Waals surface area contributed by atoms with Crippen molar-refractivity contribution in [1.82, 2.24) is 15.0 Å². The van der Waals surface area contributed by atoms with Crippen LogP contribution < -0.4 is 10.6 Å². The molecule has 3 N–H and O–H groups in total. The SMILES string of the molecule is Cc1cc(C)cc(C2CC(=O)N(c3ccc(-c4c[nH]c5ncnc(N)c45)c(F)c3)C2)c1. The molecule has 0 radical (unpaired) electrons.